The van der Waals surface area contributed by atoms with Crippen LogP contribution in [0.1, 0.15) is 56.9 Å². The first-order valence-corrected chi connectivity index (χ1v) is 11.4. The summed E-state index contributed by atoms with van der Waals surface area (Å²) >= 11 is 0. The predicted molar refractivity (Wildman–Crippen MR) is 133 cm³/mol. The van der Waals surface area contributed by atoms with E-state index in [1.54, 1.807) is 6.92 Å². The number of carbonyl (C=O) groups excluding carboxylic acids is 1. The summed E-state index contributed by atoms with van der Waals surface area (Å²) in [6.45, 7) is 8.84. The van der Waals surface area contributed by atoms with Gasteiger partial charge in [0.05, 0.1) is 5.52 Å². The number of nitrogens with zero attached hydrogens (tertiary/aromatic N) is 1. The number of benzene rings is 2. The Kier molecular flexibility index (Phi) is 6.01. The summed E-state index contributed by atoms with van der Waals surface area (Å²) in [6.07, 6.45) is 9.63. The van der Waals surface area contributed by atoms with Gasteiger partial charge in [-0.1, -0.05) is 93.6 Å². The third-order valence-corrected chi connectivity index (χ3v) is 6.52. The summed E-state index contributed by atoms with van der Waals surface area (Å²) in [7, 11) is 0. The van der Waals surface area contributed by atoms with Crippen molar-refractivity contribution < 1.29 is 4.79 Å². The number of nitrogens with one attached hydrogen (secondary N) is 1. The molecule has 0 fully saturated rings. The van der Waals surface area contributed by atoms with Crippen LogP contribution < -0.4 is 5.32 Å². The van der Waals surface area contributed by atoms with Gasteiger partial charge in [0, 0.05) is 35.9 Å². The summed E-state index contributed by atoms with van der Waals surface area (Å²) < 4.78 is 0. The summed E-state index contributed by atoms with van der Waals surface area (Å²) in [4.78, 5) is 17.0. The molecule has 0 bridgehead atoms. The van der Waals surface area contributed by atoms with E-state index < -0.39 is 0 Å². The average molecular weight is 425 g/mol. The Balaban J connectivity index is 1.89. The van der Waals surface area contributed by atoms with Gasteiger partial charge in [0.2, 0.25) is 5.91 Å². The smallest absolute Gasteiger partial charge is 0.216 e. The molecular weight excluding hydrogens is 392 g/mol. The minimum Gasteiger partial charge on any atom is -0.356 e. The number of allylic oxidation sites excluding steroid dienone is 4. The van der Waals surface area contributed by atoms with E-state index in [0.29, 0.717) is 6.54 Å². The maximum atomic E-state index is 11.9. The molecule has 0 saturated carbocycles. The number of amides is 1. The lowest BCUT2D eigenvalue weighted by Crippen LogP contribution is -2.40. The van der Waals surface area contributed by atoms with Gasteiger partial charge in [0.1, 0.15) is 0 Å². The molecule has 3 heteroatoms. The van der Waals surface area contributed by atoms with Gasteiger partial charge in [-0.3, -0.25) is 9.78 Å². The highest BCUT2D eigenvalue weighted by atomic mass is 16.1. The number of hydrogen-bond acceptors (Lipinski definition) is 2. The standard InChI is InChI=1S/C29H32N2O/c1-21(32)30-20-25(27-16-15-22-11-6-7-14-26(22)31-27)29(17-8-5-9-18-29)24-13-10-12-23(19-24)28(2,3)4/h5-17,19,25H,18,20H2,1-4H3,(H,30,32)/t25-,29?/m1/s1. The minimum atomic E-state index is -0.298. The van der Waals surface area contributed by atoms with Crippen LogP contribution in [-0.4, -0.2) is 17.4 Å². The highest BCUT2D eigenvalue weighted by molar-refractivity contribution is 5.78. The van der Waals surface area contributed by atoms with Crippen molar-refractivity contribution in [1.29, 1.82) is 0 Å². The molecule has 1 aromatic heterocycles. The third kappa shape index (κ3) is 4.38. The van der Waals surface area contributed by atoms with E-state index in [9.17, 15) is 4.79 Å². The molecule has 0 saturated heterocycles. The highest BCUT2D eigenvalue weighted by Gasteiger charge is 2.40. The molecule has 1 heterocycles. The van der Waals surface area contributed by atoms with Crippen molar-refractivity contribution in [3.05, 3.63) is 102 Å². The van der Waals surface area contributed by atoms with Crippen molar-refractivity contribution in [2.75, 3.05) is 6.54 Å². The fraction of sp³-hybridized carbons (Fsp3) is 0.310. The monoisotopic (exact) mass is 424 g/mol. The van der Waals surface area contributed by atoms with Crippen LogP contribution in [0.25, 0.3) is 10.9 Å². The van der Waals surface area contributed by atoms with Gasteiger partial charge in [-0.25, -0.2) is 0 Å². The number of aromatic nitrogens is 1. The number of hydrogen-bond donors (Lipinski definition) is 1. The van der Waals surface area contributed by atoms with Gasteiger partial charge in [-0.15, -0.1) is 0 Å². The van der Waals surface area contributed by atoms with E-state index in [1.165, 1.54) is 11.1 Å². The fourth-order valence-corrected chi connectivity index (χ4v) is 4.66. The van der Waals surface area contributed by atoms with Gasteiger partial charge < -0.3 is 5.32 Å². The molecule has 1 aliphatic rings. The molecule has 3 nitrogen and oxygen atoms in total. The molecule has 2 aromatic carbocycles. The van der Waals surface area contributed by atoms with Gasteiger partial charge in [-0.05, 0) is 35.1 Å². The van der Waals surface area contributed by atoms with Crippen molar-refractivity contribution in [3.63, 3.8) is 0 Å². The molecule has 32 heavy (non-hydrogen) atoms. The molecule has 4 rings (SSSR count). The second-order valence-electron chi connectivity index (χ2n) is 9.78. The van der Waals surface area contributed by atoms with Crippen LogP contribution in [0.3, 0.4) is 0 Å². The Hall–Kier alpha value is -3.20. The fourth-order valence-electron chi connectivity index (χ4n) is 4.66. The summed E-state index contributed by atoms with van der Waals surface area (Å²) in [5, 5.41) is 4.21. The quantitative estimate of drug-likeness (QED) is 0.529. The highest BCUT2D eigenvalue weighted by Crippen LogP contribution is 2.45. The molecule has 0 radical (unpaired) electrons. The zero-order valence-electron chi connectivity index (χ0n) is 19.4. The van der Waals surface area contributed by atoms with Crippen LogP contribution in [-0.2, 0) is 15.6 Å². The van der Waals surface area contributed by atoms with Crippen LogP contribution in [0.4, 0.5) is 0 Å². The molecule has 164 valence electrons. The third-order valence-electron chi connectivity index (χ3n) is 6.52. The maximum absolute atomic E-state index is 11.9. The van der Waals surface area contributed by atoms with Crippen molar-refractivity contribution >= 4 is 16.8 Å². The van der Waals surface area contributed by atoms with Crippen LogP contribution in [0.15, 0.2) is 85.0 Å². The number of carbonyl (C=O) groups is 1. The summed E-state index contributed by atoms with van der Waals surface area (Å²) in [6, 6.07) is 21.4. The predicted octanol–water partition coefficient (Wildman–Crippen LogP) is 6.21. The summed E-state index contributed by atoms with van der Waals surface area (Å²) in [5.74, 6) is -0.0304. The number of fused-ring (bicyclic) bond motifs is 1. The molecular formula is C29H32N2O. The van der Waals surface area contributed by atoms with Crippen LogP contribution >= 0.6 is 0 Å². The Bertz CT molecular complexity index is 1180. The zero-order chi connectivity index (χ0) is 22.8. The lowest BCUT2D eigenvalue weighted by molar-refractivity contribution is -0.119. The first-order chi connectivity index (χ1) is 15.3. The van der Waals surface area contributed by atoms with Gasteiger partial charge in [-0.2, -0.15) is 0 Å². The molecule has 0 spiro atoms. The van der Waals surface area contributed by atoms with E-state index in [4.69, 9.17) is 4.98 Å². The van der Waals surface area contributed by atoms with E-state index >= 15 is 0 Å². The minimum absolute atomic E-state index is 0.00701. The lowest BCUT2D eigenvalue weighted by Gasteiger charge is -2.40. The topological polar surface area (TPSA) is 42.0 Å². The Labute approximate surface area is 191 Å². The Morgan fingerprint density at radius 1 is 1.06 bits per heavy atom. The normalized spacial score (nSPS) is 19.1. The molecule has 1 amide bonds. The van der Waals surface area contributed by atoms with Crippen LogP contribution in [0, 0.1) is 0 Å². The molecule has 0 aliphatic heterocycles. The van der Waals surface area contributed by atoms with Crippen molar-refractivity contribution in [3.8, 4) is 0 Å². The molecule has 1 unspecified atom stereocenters. The number of para-hydroxylation sites is 1. The maximum Gasteiger partial charge on any atom is 0.216 e. The molecule has 1 aliphatic carbocycles. The molecule has 1 N–H and O–H groups in total. The lowest BCUT2D eigenvalue weighted by atomic mass is 9.64. The Morgan fingerprint density at radius 3 is 2.59 bits per heavy atom. The van der Waals surface area contributed by atoms with Crippen LogP contribution in [0.2, 0.25) is 0 Å². The SMILES string of the molecule is CC(=O)NC[C@H](c1ccc2ccccc2n1)C1(c2cccc(C(C)(C)C)c2)C=CC=CC1. The van der Waals surface area contributed by atoms with Crippen molar-refractivity contribution in [1.82, 2.24) is 10.3 Å². The average Bonchev–Trinajstić information content (AvgIpc) is 2.79. The number of pyridine rings is 1. The van der Waals surface area contributed by atoms with Crippen LogP contribution in [0.5, 0.6) is 0 Å². The van der Waals surface area contributed by atoms with Gasteiger partial charge in [0.25, 0.3) is 0 Å². The largest absolute Gasteiger partial charge is 0.356 e. The van der Waals surface area contributed by atoms with E-state index in [-0.39, 0.29) is 22.7 Å². The van der Waals surface area contributed by atoms with Crippen molar-refractivity contribution in [2.45, 2.75) is 50.9 Å². The molecule has 3 aromatic rings. The second kappa shape index (κ2) is 8.74. The molecule has 2 atom stereocenters. The van der Waals surface area contributed by atoms with E-state index in [1.807, 2.05) is 12.1 Å². The van der Waals surface area contributed by atoms with Crippen molar-refractivity contribution in [2.24, 2.45) is 0 Å². The Morgan fingerprint density at radius 2 is 1.88 bits per heavy atom. The van der Waals surface area contributed by atoms with Gasteiger partial charge in [0.15, 0.2) is 0 Å². The van der Waals surface area contributed by atoms with Gasteiger partial charge >= 0.3 is 0 Å². The zero-order valence-corrected chi connectivity index (χ0v) is 19.4. The van der Waals surface area contributed by atoms with E-state index in [2.05, 4.69) is 98.9 Å². The first kappa shape index (κ1) is 22.0. The van der Waals surface area contributed by atoms with E-state index in [0.717, 1.165) is 23.0 Å². The second-order valence-corrected chi connectivity index (χ2v) is 9.78. The number of rotatable bonds is 5. The first-order valence-electron chi connectivity index (χ1n) is 11.4. The summed E-state index contributed by atoms with van der Waals surface area (Å²) in [5.41, 5.74) is 4.30.